The van der Waals surface area contributed by atoms with Crippen LogP contribution in [0.25, 0.3) is 0 Å². The highest BCUT2D eigenvalue weighted by molar-refractivity contribution is 9.12. The van der Waals surface area contributed by atoms with Crippen molar-refractivity contribution in [1.29, 1.82) is 0 Å². The molecule has 3 rings (SSSR count). The summed E-state index contributed by atoms with van der Waals surface area (Å²) in [4.78, 5) is 0. The molecule has 5 heteroatoms. The Bertz CT molecular complexity index is 357. The SMILES string of the molecule is Brc1sc(Br)c2c1O[C@H]1CCCC[C@@H]1O2. The van der Waals surface area contributed by atoms with Gasteiger partial charge in [-0.2, -0.15) is 0 Å². The lowest BCUT2D eigenvalue weighted by Crippen LogP contribution is -2.41. The van der Waals surface area contributed by atoms with E-state index < -0.39 is 0 Å². The fraction of sp³-hybridized carbons (Fsp3) is 0.600. The lowest BCUT2D eigenvalue weighted by Gasteiger charge is -2.36. The van der Waals surface area contributed by atoms with Gasteiger partial charge >= 0.3 is 0 Å². The summed E-state index contributed by atoms with van der Waals surface area (Å²) in [5.41, 5.74) is 0. The third-order valence-corrected chi connectivity index (χ3v) is 5.34. The van der Waals surface area contributed by atoms with Crippen molar-refractivity contribution in [2.24, 2.45) is 0 Å². The normalized spacial score (nSPS) is 28.7. The topological polar surface area (TPSA) is 18.5 Å². The Labute approximate surface area is 109 Å². The van der Waals surface area contributed by atoms with E-state index in [9.17, 15) is 0 Å². The maximum Gasteiger partial charge on any atom is 0.188 e. The molecular formula is C10H10Br2O2S. The Morgan fingerprint density at radius 3 is 1.87 bits per heavy atom. The van der Waals surface area contributed by atoms with Crippen molar-refractivity contribution in [2.45, 2.75) is 37.9 Å². The molecular weight excluding hydrogens is 344 g/mol. The van der Waals surface area contributed by atoms with Crippen molar-refractivity contribution in [3.63, 3.8) is 0 Å². The van der Waals surface area contributed by atoms with E-state index in [1.54, 1.807) is 11.3 Å². The summed E-state index contributed by atoms with van der Waals surface area (Å²) >= 11 is 8.62. The van der Waals surface area contributed by atoms with Crippen LogP contribution >= 0.6 is 43.2 Å². The van der Waals surface area contributed by atoms with Crippen molar-refractivity contribution < 1.29 is 9.47 Å². The average molecular weight is 354 g/mol. The molecule has 1 aliphatic heterocycles. The van der Waals surface area contributed by atoms with Crippen LogP contribution in [0.15, 0.2) is 7.57 Å². The van der Waals surface area contributed by atoms with E-state index in [4.69, 9.17) is 9.47 Å². The van der Waals surface area contributed by atoms with Crippen LogP contribution in [-0.2, 0) is 0 Å². The number of hydrogen-bond donors (Lipinski definition) is 0. The average Bonchev–Trinajstić information content (AvgIpc) is 2.52. The highest BCUT2D eigenvalue weighted by Crippen LogP contribution is 2.52. The molecule has 82 valence electrons. The zero-order valence-corrected chi connectivity index (χ0v) is 12.0. The van der Waals surface area contributed by atoms with Crippen LogP contribution in [0.3, 0.4) is 0 Å². The quantitative estimate of drug-likeness (QED) is 0.690. The van der Waals surface area contributed by atoms with Crippen LogP contribution in [0.4, 0.5) is 0 Å². The second kappa shape index (κ2) is 3.93. The molecule has 1 aromatic heterocycles. The largest absolute Gasteiger partial charge is 0.481 e. The molecule has 2 aliphatic rings. The lowest BCUT2D eigenvalue weighted by atomic mass is 9.94. The number of halogens is 2. The van der Waals surface area contributed by atoms with Crippen LogP contribution in [0.1, 0.15) is 25.7 Å². The number of fused-ring (bicyclic) bond motifs is 2. The molecule has 2 atom stereocenters. The molecule has 1 aromatic rings. The third-order valence-electron chi connectivity index (χ3n) is 2.92. The molecule has 0 radical (unpaired) electrons. The molecule has 1 saturated carbocycles. The van der Waals surface area contributed by atoms with E-state index in [2.05, 4.69) is 31.9 Å². The summed E-state index contributed by atoms with van der Waals surface area (Å²) in [7, 11) is 0. The van der Waals surface area contributed by atoms with E-state index in [1.165, 1.54) is 12.8 Å². The van der Waals surface area contributed by atoms with Gasteiger partial charge in [-0.3, -0.25) is 0 Å². The second-order valence-corrected chi connectivity index (χ2v) is 7.56. The molecule has 1 fully saturated rings. The minimum Gasteiger partial charge on any atom is -0.481 e. The standard InChI is InChI=1S/C10H10Br2O2S/c11-9-7-8(10(12)15-9)14-6-4-2-1-3-5(6)13-7/h5-6H,1-4H2/t5-,6-/m0/s1. The fourth-order valence-corrected chi connectivity index (χ4v) is 4.98. The highest BCUT2D eigenvalue weighted by atomic mass is 79.9. The fourth-order valence-electron chi connectivity index (χ4n) is 2.18. The van der Waals surface area contributed by atoms with Gasteiger partial charge in [0, 0.05) is 0 Å². The molecule has 0 bridgehead atoms. The molecule has 0 amide bonds. The van der Waals surface area contributed by atoms with Gasteiger partial charge in [0.05, 0.1) is 0 Å². The Morgan fingerprint density at radius 2 is 1.40 bits per heavy atom. The Morgan fingerprint density at radius 1 is 0.933 bits per heavy atom. The molecule has 1 aliphatic carbocycles. The predicted octanol–water partition coefficient (Wildman–Crippen LogP) is 4.36. The van der Waals surface area contributed by atoms with Gasteiger partial charge in [-0.05, 0) is 57.5 Å². The van der Waals surface area contributed by atoms with Crippen LogP contribution in [-0.4, -0.2) is 12.2 Å². The van der Waals surface area contributed by atoms with Gasteiger partial charge < -0.3 is 9.47 Å². The van der Waals surface area contributed by atoms with E-state index in [0.29, 0.717) is 0 Å². The van der Waals surface area contributed by atoms with E-state index in [-0.39, 0.29) is 12.2 Å². The maximum atomic E-state index is 6.00. The smallest absolute Gasteiger partial charge is 0.188 e. The highest BCUT2D eigenvalue weighted by Gasteiger charge is 2.36. The van der Waals surface area contributed by atoms with Gasteiger partial charge in [0.1, 0.15) is 19.8 Å². The van der Waals surface area contributed by atoms with Gasteiger partial charge in [0.2, 0.25) is 0 Å². The lowest BCUT2D eigenvalue weighted by molar-refractivity contribution is -0.00609. The third kappa shape index (κ3) is 1.72. The first-order valence-electron chi connectivity index (χ1n) is 5.07. The van der Waals surface area contributed by atoms with E-state index in [0.717, 1.165) is 31.9 Å². The zero-order chi connectivity index (χ0) is 10.4. The molecule has 0 aromatic carbocycles. The molecule has 0 N–H and O–H groups in total. The summed E-state index contributed by atoms with van der Waals surface area (Å²) < 4.78 is 14.0. The Hall–Kier alpha value is 0.260. The summed E-state index contributed by atoms with van der Waals surface area (Å²) in [6, 6.07) is 0. The minimum atomic E-state index is 0.254. The first-order valence-corrected chi connectivity index (χ1v) is 7.47. The van der Waals surface area contributed by atoms with Crippen LogP contribution < -0.4 is 9.47 Å². The maximum absolute atomic E-state index is 6.00. The van der Waals surface area contributed by atoms with Gasteiger partial charge in [-0.15, -0.1) is 11.3 Å². The number of thiophene rings is 1. The van der Waals surface area contributed by atoms with Crippen LogP contribution in [0, 0.1) is 0 Å². The zero-order valence-electron chi connectivity index (χ0n) is 7.96. The van der Waals surface area contributed by atoms with Gasteiger partial charge in [0.25, 0.3) is 0 Å². The van der Waals surface area contributed by atoms with E-state index in [1.807, 2.05) is 0 Å². The Kier molecular flexibility index (Phi) is 2.73. The molecule has 0 unspecified atom stereocenters. The summed E-state index contributed by atoms with van der Waals surface area (Å²) in [6.45, 7) is 0. The molecule has 0 saturated heterocycles. The summed E-state index contributed by atoms with van der Waals surface area (Å²) in [5, 5.41) is 0. The van der Waals surface area contributed by atoms with Crippen molar-refractivity contribution >= 4 is 43.2 Å². The van der Waals surface area contributed by atoms with E-state index >= 15 is 0 Å². The first-order chi connectivity index (χ1) is 7.25. The van der Waals surface area contributed by atoms with Gasteiger partial charge in [-0.1, -0.05) is 0 Å². The van der Waals surface area contributed by atoms with Crippen LogP contribution in [0.5, 0.6) is 11.5 Å². The predicted molar refractivity (Wildman–Crippen MR) is 67.0 cm³/mol. The molecule has 15 heavy (non-hydrogen) atoms. The number of hydrogen-bond acceptors (Lipinski definition) is 3. The Balaban J connectivity index is 1.97. The molecule has 2 heterocycles. The van der Waals surface area contributed by atoms with Crippen molar-refractivity contribution in [2.75, 3.05) is 0 Å². The molecule has 2 nitrogen and oxygen atoms in total. The number of rotatable bonds is 0. The van der Waals surface area contributed by atoms with Crippen molar-refractivity contribution in [1.82, 2.24) is 0 Å². The van der Waals surface area contributed by atoms with Crippen molar-refractivity contribution in [3.8, 4) is 11.5 Å². The van der Waals surface area contributed by atoms with Crippen LogP contribution in [0.2, 0.25) is 0 Å². The van der Waals surface area contributed by atoms with Gasteiger partial charge in [-0.25, -0.2) is 0 Å². The summed E-state index contributed by atoms with van der Waals surface area (Å²) in [6.07, 6.45) is 5.24. The monoisotopic (exact) mass is 352 g/mol. The second-order valence-electron chi connectivity index (χ2n) is 3.90. The van der Waals surface area contributed by atoms with Gasteiger partial charge in [0.15, 0.2) is 11.5 Å². The van der Waals surface area contributed by atoms with Crippen molar-refractivity contribution in [3.05, 3.63) is 7.57 Å². The minimum absolute atomic E-state index is 0.254. The summed E-state index contributed by atoms with van der Waals surface area (Å²) in [5.74, 6) is 1.77. The molecule has 0 spiro atoms. The number of ether oxygens (including phenoxy) is 2. The first kappa shape index (κ1) is 10.4.